The lowest BCUT2D eigenvalue weighted by atomic mass is 10.0. The minimum Gasteiger partial charge on any atom is -0.376 e. The van der Waals surface area contributed by atoms with E-state index in [0.717, 1.165) is 56.9 Å². The Morgan fingerprint density at radius 1 is 1.25 bits per heavy atom. The topological polar surface area (TPSA) is 57.2 Å². The monoisotopic (exact) mass is 450 g/mol. The fourth-order valence-electron chi connectivity index (χ4n) is 3.49. The SMILES string of the molecule is CN(C)C(=O)CN=C(NCC1CCCO1)N1CCC(C2CC2)C1.I. The van der Waals surface area contributed by atoms with E-state index < -0.39 is 0 Å². The maximum absolute atomic E-state index is 11.9. The van der Waals surface area contributed by atoms with E-state index in [2.05, 4.69) is 15.2 Å². The van der Waals surface area contributed by atoms with Crippen LogP contribution in [-0.4, -0.2) is 74.7 Å². The van der Waals surface area contributed by atoms with Crippen LogP contribution in [0.5, 0.6) is 0 Å². The minimum absolute atomic E-state index is 0. The third kappa shape index (κ3) is 5.47. The molecule has 7 heteroatoms. The number of halogens is 1. The van der Waals surface area contributed by atoms with Gasteiger partial charge in [0, 0.05) is 40.3 Å². The first kappa shape index (κ1) is 19.8. The Balaban J connectivity index is 0.00000208. The summed E-state index contributed by atoms with van der Waals surface area (Å²) in [5, 5.41) is 3.46. The highest BCUT2D eigenvalue weighted by Gasteiger charge is 2.36. The van der Waals surface area contributed by atoms with Gasteiger partial charge in [0.05, 0.1) is 6.10 Å². The molecule has 0 bridgehead atoms. The Labute approximate surface area is 162 Å². The summed E-state index contributed by atoms with van der Waals surface area (Å²) in [6, 6.07) is 0. The van der Waals surface area contributed by atoms with Crippen LogP contribution in [0.3, 0.4) is 0 Å². The van der Waals surface area contributed by atoms with E-state index in [1.165, 1.54) is 19.3 Å². The molecule has 0 spiro atoms. The Hall–Kier alpha value is -0.570. The number of hydrogen-bond donors (Lipinski definition) is 1. The molecule has 3 fully saturated rings. The molecule has 2 saturated heterocycles. The molecule has 2 unspecified atom stereocenters. The summed E-state index contributed by atoms with van der Waals surface area (Å²) in [5.41, 5.74) is 0. The molecule has 1 aliphatic carbocycles. The standard InChI is InChI=1S/C17H30N4O2.HI/c1-20(2)16(22)11-19-17(18-10-15-4-3-9-23-15)21-8-7-14(12-21)13-5-6-13;/h13-15H,3-12H2,1-2H3,(H,18,19);1H. The number of carbonyl (C=O) groups excluding carboxylic acids is 1. The van der Waals surface area contributed by atoms with Gasteiger partial charge in [-0.3, -0.25) is 4.79 Å². The van der Waals surface area contributed by atoms with Crippen molar-refractivity contribution in [3.8, 4) is 0 Å². The van der Waals surface area contributed by atoms with Crippen LogP contribution in [0.25, 0.3) is 0 Å². The van der Waals surface area contributed by atoms with E-state index in [1.54, 1.807) is 19.0 Å². The highest BCUT2D eigenvalue weighted by Crippen LogP contribution is 2.41. The maximum atomic E-state index is 11.9. The highest BCUT2D eigenvalue weighted by atomic mass is 127. The van der Waals surface area contributed by atoms with Crippen molar-refractivity contribution in [3.63, 3.8) is 0 Å². The molecule has 138 valence electrons. The zero-order chi connectivity index (χ0) is 16.2. The summed E-state index contributed by atoms with van der Waals surface area (Å²) in [6.07, 6.45) is 6.59. The molecule has 1 N–H and O–H groups in total. The third-order valence-electron chi connectivity index (χ3n) is 5.19. The molecular weight excluding hydrogens is 419 g/mol. The first-order valence-corrected chi connectivity index (χ1v) is 8.98. The van der Waals surface area contributed by atoms with Gasteiger partial charge in [-0.2, -0.15) is 0 Å². The Morgan fingerprint density at radius 3 is 2.67 bits per heavy atom. The van der Waals surface area contributed by atoms with Crippen molar-refractivity contribution in [1.29, 1.82) is 0 Å². The second kappa shape index (κ2) is 9.22. The summed E-state index contributed by atoms with van der Waals surface area (Å²) >= 11 is 0. The zero-order valence-corrected chi connectivity index (χ0v) is 17.2. The van der Waals surface area contributed by atoms with Crippen LogP contribution in [0.1, 0.15) is 32.1 Å². The van der Waals surface area contributed by atoms with Gasteiger partial charge in [0.1, 0.15) is 6.54 Å². The number of likely N-dealkylation sites (N-methyl/N-ethyl adjacent to an activating group) is 1. The van der Waals surface area contributed by atoms with Gasteiger partial charge in [0.15, 0.2) is 5.96 Å². The number of ether oxygens (including phenoxy) is 1. The molecule has 1 saturated carbocycles. The molecule has 0 aromatic rings. The number of guanidine groups is 1. The lowest BCUT2D eigenvalue weighted by Gasteiger charge is -2.23. The van der Waals surface area contributed by atoms with Gasteiger partial charge in [0.25, 0.3) is 0 Å². The van der Waals surface area contributed by atoms with Crippen LogP contribution in [0.4, 0.5) is 0 Å². The van der Waals surface area contributed by atoms with Gasteiger partial charge < -0.3 is 19.9 Å². The predicted molar refractivity (Wildman–Crippen MR) is 106 cm³/mol. The normalized spacial score (nSPS) is 27.1. The average Bonchev–Trinajstić information content (AvgIpc) is 3.05. The molecule has 24 heavy (non-hydrogen) atoms. The summed E-state index contributed by atoms with van der Waals surface area (Å²) in [5.74, 6) is 2.68. The molecule has 0 aromatic carbocycles. The van der Waals surface area contributed by atoms with Crippen molar-refractivity contribution in [3.05, 3.63) is 0 Å². The second-order valence-electron chi connectivity index (χ2n) is 7.28. The molecule has 0 radical (unpaired) electrons. The minimum atomic E-state index is 0. The Kier molecular flexibility index (Phi) is 7.59. The lowest BCUT2D eigenvalue weighted by molar-refractivity contribution is -0.127. The molecule has 1 amide bonds. The van der Waals surface area contributed by atoms with Crippen LogP contribution < -0.4 is 5.32 Å². The van der Waals surface area contributed by atoms with E-state index in [1.807, 2.05) is 0 Å². The van der Waals surface area contributed by atoms with Crippen molar-refractivity contribution in [2.24, 2.45) is 16.8 Å². The number of hydrogen-bond acceptors (Lipinski definition) is 3. The van der Waals surface area contributed by atoms with Crippen molar-refractivity contribution < 1.29 is 9.53 Å². The smallest absolute Gasteiger partial charge is 0.243 e. The number of carbonyl (C=O) groups is 1. The van der Waals surface area contributed by atoms with E-state index in [9.17, 15) is 4.79 Å². The molecule has 2 atom stereocenters. The van der Waals surface area contributed by atoms with Gasteiger partial charge in [-0.1, -0.05) is 0 Å². The van der Waals surface area contributed by atoms with Crippen LogP contribution in [0, 0.1) is 11.8 Å². The molecule has 0 aromatic heterocycles. The number of amides is 1. The van der Waals surface area contributed by atoms with Gasteiger partial charge in [0.2, 0.25) is 5.91 Å². The van der Waals surface area contributed by atoms with Crippen molar-refractivity contribution >= 4 is 35.8 Å². The Morgan fingerprint density at radius 2 is 2.04 bits per heavy atom. The van der Waals surface area contributed by atoms with E-state index in [0.29, 0.717) is 0 Å². The largest absolute Gasteiger partial charge is 0.376 e. The lowest BCUT2D eigenvalue weighted by Crippen LogP contribution is -2.43. The predicted octanol–water partition coefficient (Wildman–Crippen LogP) is 1.55. The van der Waals surface area contributed by atoms with Gasteiger partial charge in [-0.15, -0.1) is 24.0 Å². The number of nitrogens with one attached hydrogen (secondary N) is 1. The molecule has 2 heterocycles. The van der Waals surface area contributed by atoms with E-state index in [-0.39, 0.29) is 42.5 Å². The van der Waals surface area contributed by atoms with Crippen LogP contribution in [0.2, 0.25) is 0 Å². The van der Waals surface area contributed by atoms with Gasteiger partial charge >= 0.3 is 0 Å². The van der Waals surface area contributed by atoms with Crippen molar-refractivity contribution in [1.82, 2.24) is 15.1 Å². The summed E-state index contributed by atoms with van der Waals surface area (Å²) in [4.78, 5) is 20.4. The van der Waals surface area contributed by atoms with Crippen LogP contribution in [-0.2, 0) is 9.53 Å². The maximum Gasteiger partial charge on any atom is 0.243 e. The summed E-state index contributed by atoms with van der Waals surface area (Å²) < 4.78 is 5.69. The first-order valence-electron chi connectivity index (χ1n) is 8.98. The third-order valence-corrected chi connectivity index (χ3v) is 5.19. The van der Waals surface area contributed by atoms with Crippen molar-refractivity contribution in [2.45, 2.75) is 38.2 Å². The number of likely N-dealkylation sites (tertiary alicyclic amines) is 1. The summed E-state index contributed by atoms with van der Waals surface area (Å²) in [7, 11) is 3.55. The molecule has 3 rings (SSSR count). The Bertz CT molecular complexity index is 448. The van der Waals surface area contributed by atoms with E-state index in [4.69, 9.17) is 4.74 Å². The van der Waals surface area contributed by atoms with Gasteiger partial charge in [-0.05, 0) is 43.9 Å². The van der Waals surface area contributed by atoms with Crippen LogP contribution >= 0.6 is 24.0 Å². The number of aliphatic imine (C=N–C) groups is 1. The second-order valence-corrected chi connectivity index (χ2v) is 7.28. The van der Waals surface area contributed by atoms with Crippen molar-refractivity contribution in [2.75, 3.05) is 46.9 Å². The fourth-order valence-corrected chi connectivity index (χ4v) is 3.49. The van der Waals surface area contributed by atoms with E-state index >= 15 is 0 Å². The molecule has 3 aliphatic rings. The average molecular weight is 450 g/mol. The highest BCUT2D eigenvalue weighted by molar-refractivity contribution is 14.0. The summed E-state index contributed by atoms with van der Waals surface area (Å²) in [6.45, 7) is 4.00. The first-order chi connectivity index (χ1) is 11.1. The van der Waals surface area contributed by atoms with Gasteiger partial charge in [-0.25, -0.2) is 4.99 Å². The molecular formula is C17H31IN4O2. The molecule has 2 aliphatic heterocycles. The number of rotatable bonds is 5. The quantitative estimate of drug-likeness (QED) is 0.393. The molecule has 6 nitrogen and oxygen atoms in total. The zero-order valence-electron chi connectivity index (χ0n) is 14.9. The fraction of sp³-hybridized carbons (Fsp3) is 0.882. The van der Waals surface area contributed by atoms with Crippen LogP contribution in [0.15, 0.2) is 4.99 Å². The number of nitrogens with zero attached hydrogens (tertiary/aromatic N) is 3.